The van der Waals surface area contributed by atoms with Crippen molar-refractivity contribution in [2.75, 3.05) is 26.0 Å². The van der Waals surface area contributed by atoms with E-state index in [1.54, 1.807) is 17.2 Å². The highest BCUT2D eigenvalue weighted by Crippen LogP contribution is 2.36. The summed E-state index contributed by atoms with van der Waals surface area (Å²) in [6.45, 7) is 1.91. The summed E-state index contributed by atoms with van der Waals surface area (Å²) in [7, 11) is 5.51. The Kier molecular flexibility index (Phi) is 6.68. The van der Waals surface area contributed by atoms with E-state index in [9.17, 15) is 13.2 Å². The first-order valence-corrected chi connectivity index (χ1v) is 11.0. The molecule has 0 saturated carbocycles. The Morgan fingerprint density at radius 2 is 1.74 bits per heavy atom. The minimum absolute atomic E-state index is 0.336. The molecule has 0 bridgehead atoms. The molecule has 1 aliphatic rings. The van der Waals surface area contributed by atoms with Crippen LogP contribution in [0.5, 0.6) is 0 Å². The monoisotopic (exact) mass is 478 g/mol. The molecule has 4 rings (SSSR count). The van der Waals surface area contributed by atoms with Crippen LogP contribution in [0.25, 0.3) is 11.3 Å². The molecule has 9 heteroatoms. The van der Waals surface area contributed by atoms with Crippen LogP contribution < -0.4 is 4.90 Å². The smallest absolute Gasteiger partial charge is 0.361 e. The van der Waals surface area contributed by atoms with E-state index in [4.69, 9.17) is 4.99 Å². The molecule has 0 fully saturated rings. The van der Waals surface area contributed by atoms with Gasteiger partial charge in [0.05, 0.1) is 17.3 Å². The number of likely N-dealkylation sites (N-methyl/N-ethyl adjacent to an activating group) is 1. The first-order chi connectivity index (χ1) is 16.6. The van der Waals surface area contributed by atoms with Gasteiger partial charge >= 0.3 is 6.18 Å². The predicted octanol–water partition coefficient (Wildman–Crippen LogP) is 5.59. The van der Waals surface area contributed by atoms with Crippen molar-refractivity contribution in [3.63, 3.8) is 0 Å². The van der Waals surface area contributed by atoms with Crippen LogP contribution in [0.3, 0.4) is 0 Å². The molecule has 1 atom stereocenters. The summed E-state index contributed by atoms with van der Waals surface area (Å²) in [4.78, 5) is 12.8. The lowest BCUT2D eigenvalue weighted by Crippen LogP contribution is -2.32. The average Bonchev–Trinajstić information content (AvgIpc) is 2.85. The molecule has 3 aromatic rings. The first kappa shape index (κ1) is 24.1. The zero-order valence-corrected chi connectivity index (χ0v) is 19.8. The molecule has 35 heavy (non-hydrogen) atoms. The summed E-state index contributed by atoms with van der Waals surface area (Å²) >= 11 is 0. The number of anilines is 1. The third kappa shape index (κ3) is 5.24. The van der Waals surface area contributed by atoms with E-state index in [1.165, 1.54) is 6.07 Å². The number of alkyl halides is 3. The fourth-order valence-corrected chi connectivity index (χ4v) is 3.76. The molecule has 0 radical (unpaired) electrons. The maximum atomic E-state index is 13.4. The van der Waals surface area contributed by atoms with Crippen LogP contribution in [0.2, 0.25) is 0 Å². The summed E-state index contributed by atoms with van der Waals surface area (Å²) in [6.07, 6.45) is -0.934. The van der Waals surface area contributed by atoms with Crippen molar-refractivity contribution in [3.8, 4) is 11.3 Å². The van der Waals surface area contributed by atoms with E-state index >= 15 is 0 Å². The van der Waals surface area contributed by atoms with Crippen LogP contribution in [0, 0.1) is 0 Å². The number of aliphatic imine (C=N–C) groups is 2. The Morgan fingerprint density at radius 1 is 1.00 bits per heavy atom. The quantitative estimate of drug-likeness (QED) is 0.459. The lowest BCUT2D eigenvalue weighted by Gasteiger charge is -2.30. The van der Waals surface area contributed by atoms with Gasteiger partial charge in [0.2, 0.25) is 5.96 Å². The fraction of sp³-hybridized carbons (Fsp3) is 0.231. The number of rotatable bonds is 4. The molecule has 6 nitrogen and oxygen atoms in total. The van der Waals surface area contributed by atoms with Crippen LogP contribution in [0.1, 0.15) is 29.7 Å². The van der Waals surface area contributed by atoms with Gasteiger partial charge in [-0.05, 0) is 36.8 Å². The Bertz CT molecular complexity index is 1300. The highest BCUT2D eigenvalue weighted by atomic mass is 19.4. The Morgan fingerprint density at radius 3 is 2.43 bits per heavy atom. The fourth-order valence-electron chi connectivity index (χ4n) is 3.76. The Balaban J connectivity index is 1.77. The van der Waals surface area contributed by atoms with Gasteiger partial charge in [-0.3, -0.25) is 0 Å². The minimum Gasteiger partial charge on any atom is -0.361 e. The Hall–Kier alpha value is -4.01. The number of guanidine groups is 1. The van der Waals surface area contributed by atoms with E-state index < -0.39 is 11.7 Å². The summed E-state index contributed by atoms with van der Waals surface area (Å²) in [5.74, 6) is 1.07. The van der Waals surface area contributed by atoms with Crippen molar-refractivity contribution < 1.29 is 13.2 Å². The van der Waals surface area contributed by atoms with Crippen molar-refractivity contribution >= 4 is 17.5 Å². The molecule has 0 saturated heterocycles. The van der Waals surface area contributed by atoms with E-state index in [1.807, 2.05) is 75.4 Å². The number of hydrogen-bond acceptors (Lipinski definition) is 6. The summed E-state index contributed by atoms with van der Waals surface area (Å²) < 4.78 is 40.2. The normalized spacial score (nSPS) is 16.3. The van der Waals surface area contributed by atoms with Crippen LogP contribution in [-0.4, -0.2) is 47.9 Å². The maximum absolute atomic E-state index is 13.4. The third-order valence-electron chi connectivity index (χ3n) is 5.70. The molecule has 180 valence electrons. The molecule has 1 aromatic heterocycles. The lowest BCUT2D eigenvalue weighted by molar-refractivity contribution is -0.137. The summed E-state index contributed by atoms with van der Waals surface area (Å²) in [5.41, 5.74) is 2.43. The van der Waals surface area contributed by atoms with Gasteiger partial charge < -0.3 is 9.80 Å². The zero-order valence-electron chi connectivity index (χ0n) is 19.8. The van der Waals surface area contributed by atoms with Crippen LogP contribution in [0.15, 0.2) is 82.9 Å². The highest BCUT2D eigenvalue weighted by Gasteiger charge is 2.31. The topological polar surface area (TPSA) is 57.0 Å². The molecular formula is C26H25F3N6. The molecule has 1 aliphatic heterocycles. The average molecular weight is 479 g/mol. The zero-order chi connectivity index (χ0) is 25.2. The largest absolute Gasteiger partial charge is 0.416 e. The molecule has 2 aromatic carbocycles. The van der Waals surface area contributed by atoms with Gasteiger partial charge in [0.15, 0.2) is 5.82 Å². The molecule has 1 unspecified atom stereocenters. The molecule has 0 aliphatic carbocycles. The molecular weight excluding hydrogens is 453 g/mol. The second-order valence-electron chi connectivity index (χ2n) is 8.37. The van der Waals surface area contributed by atoms with Gasteiger partial charge in [-0.15, -0.1) is 10.2 Å². The van der Waals surface area contributed by atoms with Gasteiger partial charge in [-0.2, -0.15) is 13.2 Å². The summed E-state index contributed by atoms with van der Waals surface area (Å²) in [6, 6.07) is 16.4. The van der Waals surface area contributed by atoms with Crippen molar-refractivity contribution in [2.24, 2.45) is 9.98 Å². The molecule has 0 N–H and O–H groups in total. The minimum atomic E-state index is -4.46. The van der Waals surface area contributed by atoms with E-state index in [0.29, 0.717) is 28.6 Å². The van der Waals surface area contributed by atoms with Crippen molar-refractivity contribution in [1.82, 2.24) is 15.1 Å². The first-order valence-electron chi connectivity index (χ1n) is 11.0. The van der Waals surface area contributed by atoms with E-state index in [-0.39, 0.29) is 6.04 Å². The number of nitrogens with zero attached hydrogens (tertiary/aromatic N) is 6. The standard InChI is InChI=1S/C26H25F3N6/c1-17(18-9-6-5-7-10-18)31-25-30-14-13-22(35(25)4)21-16-23(34(2)3)32-33-24(21)19-11-8-12-20(15-19)26(27,28)29/h5-16,22H,1-4H3. The van der Waals surface area contributed by atoms with Gasteiger partial charge in [0.25, 0.3) is 0 Å². The molecule has 0 spiro atoms. The van der Waals surface area contributed by atoms with Gasteiger partial charge in [-0.1, -0.05) is 42.5 Å². The second kappa shape index (κ2) is 9.69. The Labute approximate surface area is 202 Å². The number of hydrogen-bond donors (Lipinski definition) is 0. The van der Waals surface area contributed by atoms with Crippen LogP contribution >= 0.6 is 0 Å². The lowest BCUT2D eigenvalue weighted by atomic mass is 9.97. The summed E-state index contributed by atoms with van der Waals surface area (Å²) in [5, 5.41) is 8.57. The van der Waals surface area contributed by atoms with Crippen LogP contribution in [-0.2, 0) is 6.18 Å². The molecule has 0 amide bonds. The van der Waals surface area contributed by atoms with Crippen molar-refractivity contribution in [1.29, 1.82) is 0 Å². The second-order valence-corrected chi connectivity index (χ2v) is 8.37. The van der Waals surface area contributed by atoms with Crippen LogP contribution in [0.4, 0.5) is 19.0 Å². The van der Waals surface area contributed by atoms with Crippen molar-refractivity contribution in [2.45, 2.75) is 19.1 Å². The van der Waals surface area contributed by atoms with Crippen molar-refractivity contribution in [3.05, 3.63) is 89.6 Å². The van der Waals surface area contributed by atoms with E-state index in [2.05, 4.69) is 15.2 Å². The number of benzene rings is 2. The van der Waals surface area contributed by atoms with Gasteiger partial charge in [0.1, 0.15) is 0 Å². The van der Waals surface area contributed by atoms with Gasteiger partial charge in [0, 0.05) is 44.2 Å². The number of halogens is 3. The third-order valence-corrected chi connectivity index (χ3v) is 5.70. The van der Waals surface area contributed by atoms with E-state index in [0.717, 1.165) is 23.4 Å². The maximum Gasteiger partial charge on any atom is 0.416 e. The molecule has 2 heterocycles. The SMILES string of the molecule is CC(=NC1=NC=CC(c2cc(N(C)C)nnc2-c2cccc(C(F)(F)F)c2)N1C)c1ccccc1. The predicted molar refractivity (Wildman–Crippen MR) is 133 cm³/mol. The van der Waals surface area contributed by atoms with Gasteiger partial charge in [-0.25, -0.2) is 9.98 Å². The number of aromatic nitrogens is 2. The highest BCUT2D eigenvalue weighted by molar-refractivity contribution is 6.06.